The molecule has 37 heavy (non-hydrogen) atoms. The number of aromatic amines is 1. The number of H-pyrrole nitrogens is 1. The van der Waals surface area contributed by atoms with Crippen molar-refractivity contribution in [1.29, 1.82) is 0 Å². The summed E-state index contributed by atoms with van der Waals surface area (Å²) in [7, 11) is 0. The molecule has 4 aromatic rings. The summed E-state index contributed by atoms with van der Waals surface area (Å²) >= 11 is 6.22. The Hall–Kier alpha value is -3.96. The lowest BCUT2D eigenvalue weighted by atomic mass is 10.1. The van der Waals surface area contributed by atoms with Crippen LogP contribution in [0.1, 0.15) is 36.2 Å². The molecule has 0 bridgehead atoms. The number of nitrogens with one attached hydrogen (secondary N) is 2. The van der Waals surface area contributed by atoms with Crippen LogP contribution in [-0.2, 0) is 4.79 Å². The number of halogens is 2. The third-order valence-electron chi connectivity index (χ3n) is 6.30. The molecule has 2 atom stereocenters. The van der Waals surface area contributed by atoms with Crippen LogP contribution in [0.2, 0.25) is 5.02 Å². The Kier molecular flexibility index (Phi) is 7.74. The molecule has 5 rings (SSSR count). The summed E-state index contributed by atoms with van der Waals surface area (Å²) in [5, 5.41) is 22.8. The minimum absolute atomic E-state index is 0.162. The van der Waals surface area contributed by atoms with Crippen LogP contribution in [0.5, 0.6) is 0 Å². The number of nitrogens with two attached hydrogens (primary N) is 2. The molecule has 1 aliphatic rings. The maximum atomic E-state index is 13.8. The van der Waals surface area contributed by atoms with Gasteiger partial charge in [0.05, 0.1) is 39.4 Å². The zero-order valence-electron chi connectivity index (χ0n) is 20.4. The van der Waals surface area contributed by atoms with Gasteiger partial charge in [0.25, 0.3) is 6.47 Å². The third-order valence-corrected chi connectivity index (χ3v) is 6.62. The van der Waals surface area contributed by atoms with Crippen molar-refractivity contribution in [3.8, 4) is 11.1 Å². The number of aromatic nitrogens is 4. The van der Waals surface area contributed by atoms with Crippen molar-refractivity contribution in [2.75, 3.05) is 5.32 Å². The molecule has 7 N–H and O–H groups in total. The standard InChI is InChI=1S/C24H26ClFN8.CH2O2/c1-12-22(13(2)33-32-12)14-7-21-23(30-17-5-4-16(27)9-17)18(10-29-34(21)11-14)24(28)31-20-8-15(26)3-6-19(20)25;2-1-3/h3,6-8,10-11,16-17,30H,4-5,9,27H2,1-2H3,(H2,28,31)(H,32,33);1H,(H,2,3)/t16-,17+;/m0./s1. The van der Waals surface area contributed by atoms with Crippen molar-refractivity contribution >= 4 is 40.8 Å². The second-order valence-electron chi connectivity index (χ2n) is 8.91. The minimum atomic E-state index is -0.440. The molecule has 1 aromatic carbocycles. The summed E-state index contributed by atoms with van der Waals surface area (Å²) in [5.41, 5.74) is 19.0. The van der Waals surface area contributed by atoms with Crippen molar-refractivity contribution < 1.29 is 14.3 Å². The number of carbonyl (C=O) groups is 1. The molecule has 194 valence electrons. The average Bonchev–Trinajstić information content (AvgIpc) is 3.55. The second kappa shape index (κ2) is 11.0. The van der Waals surface area contributed by atoms with E-state index in [2.05, 4.69) is 31.7 Å². The van der Waals surface area contributed by atoms with Crippen LogP contribution in [0.4, 0.5) is 15.8 Å². The molecule has 1 saturated carbocycles. The first-order valence-electron chi connectivity index (χ1n) is 11.6. The number of rotatable bonds is 5. The zero-order chi connectivity index (χ0) is 26.7. The molecule has 1 fully saturated rings. The number of hydrogen-bond donors (Lipinski definition) is 5. The van der Waals surface area contributed by atoms with Crippen LogP contribution in [0.25, 0.3) is 16.6 Å². The van der Waals surface area contributed by atoms with E-state index in [1.165, 1.54) is 18.2 Å². The van der Waals surface area contributed by atoms with E-state index in [0.717, 1.165) is 53.0 Å². The molecule has 0 unspecified atom stereocenters. The molecule has 3 heterocycles. The highest BCUT2D eigenvalue weighted by Crippen LogP contribution is 2.34. The molecule has 0 spiro atoms. The quantitative estimate of drug-likeness (QED) is 0.148. The lowest BCUT2D eigenvalue weighted by molar-refractivity contribution is -0.122. The minimum Gasteiger partial charge on any atom is -0.483 e. The summed E-state index contributed by atoms with van der Waals surface area (Å²) in [6.07, 6.45) is 6.39. The lowest BCUT2D eigenvalue weighted by Crippen LogP contribution is -2.24. The van der Waals surface area contributed by atoms with E-state index in [1.54, 1.807) is 6.20 Å². The van der Waals surface area contributed by atoms with Gasteiger partial charge in [0, 0.05) is 41.2 Å². The number of aliphatic imine (C=N–C) groups is 1. The van der Waals surface area contributed by atoms with Gasteiger partial charge in [0.2, 0.25) is 0 Å². The Morgan fingerprint density at radius 3 is 2.76 bits per heavy atom. The maximum Gasteiger partial charge on any atom is 0.290 e. The van der Waals surface area contributed by atoms with Gasteiger partial charge in [-0.25, -0.2) is 13.9 Å². The summed E-state index contributed by atoms with van der Waals surface area (Å²) in [6.45, 7) is 3.70. The molecule has 1 aliphatic carbocycles. The molecule has 10 nitrogen and oxygen atoms in total. The smallest absolute Gasteiger partial charge is 0.290 e. The Morgan fingerprint density at radius 1 is 1.35 bits per heavy atom. The number of hydrogen-bond acceptors (Lipinski definition) is 6. The van der Waals surface area contributed by atoms with E-state index in [0.29, 0.717) is 10.6 Å². The molecule has 0 aliphatic heterocycles. The predicted octanol–water partition coefficient (Wildman–Crippen LogP) is 4.16. The van der Waals surface area contributed by atoms with E-state index < -0.39 is 5.82 Å². The first kappa shape index (κ1) is 26.1. The number of nitrogens with zero attached hydrogens (tertiary/aromatic N) is 4. The van der Waals surface area contributed by atoms with Crippen molar-refractivity contribution in [3.63, 3.8) is 0 Å². The van der Waals surface area contributed by atoms with Gasteiger partial charge in [-0.15, -0.1) is 0 Å². The van der Waals surface area contributed by atoms with Gasteiger partial charge in [-0.2, -0.15) is 10.2 Å². The lowest BCUT2D eigenvalue weighted by Gasteiger charge is -2.18. The Morgan fingerprint density at radius 2 is 2.11 bits per heavy atom. The van der Waals surface area contributed by atoms with Gasteiger partial charge in [-0.3, -0.25) is 9.89 Å². The highest BCUT2D eigenvalue weighted by Gasteiger charge is 2.25. The predicted molar refractivity (Wildman–Crippen MR) is 142 cm³/mol. The van der Waals surface area contributed by atoms with E-state index in [9.17, 15) is 4.39 Å². The third kappa shape index (κ3) is 5.57. The summed E-state index contributed by atoms with van der Waals surface area (Å²) in [5.74, 6) is -0.254. The van der Waals surface area contributed by atoms with Gasteiger partial charge in [-0.1, -0.05) is 11.6 Å². The van der Waals surface area contributed by atoms with Crippen LogP contribution < -0.4 is 16.8 Å². The second-order valence-corrected chi connectivity index (χ2v) is 9.32. The number of carboxylic acid groups (broad SMARTS) is 1. The van der Waals surface area contributed by atoms with Gasteiger partial charge < -0.3 is 21.9 Å². The zero-order valence-corrected chi connectivity index (χ0v) is 21.1. The normalized spacial score (nSPS) is 17.5. The highest BCUT2D eigenvalue weighted by molar-refractivity contribution is 6.33. The fourth-order valence-electron chi connectivity index (χ4n) is 4.63. The summed E-state index contributed by atoms with van der Waals surface area (Å²) in [4.78, 5) is 12.8. The maximum absolute atomic E-state index is 13.8. The van der Waals surface area contributed by atoms with E-state index >= 15 is 0 Å². The Balaban J connectivity index is 0.00000102. The number of fused-ring (bicyclic) bond motifs is 1. The van der Waals surface area contributed by atoms with Crippen molar-refractivity contribution in [2.45, 2.75) is 45.2 Å². The number of benzene rings is 1. The monoisotopic (exact) mass is 526 g/mol. The van der Waals surface area contributed by atoms with Crippen LogP contribution in [0.15, 0.2) is 41.7 Å². The van der Waals surface area contributed by atoms with Crippen molar-refractivity contribution in [1.82, 2.24) is 19.8 Å². The fraction of sp³-hybridized carbons (Fsp3) is 0.280. The SMILES string of the molecule is Cc1n[nH]c(C)c1-c1cc2c(N[C@@H]3CC[C@H](N)C3)c(C(N)=Nc3cc(F)ccc3Cl)cnn2c1.O=CO. The number of aryl methyl sites for hydroxylation is 2. The van der Waals surface area contributed by atoms with Crippen LogP contribution in [0, 0.1) is 19.7 Å². The van der Waals surface area contributed by atoms with Gasteiger partial charge >= 0.3 is 0 Å². The van der Waals surface area contributed by atoms with E-state index in [1.807, 2.05) is 24.6 Å². The Labute approximate surface area is 217 Å². The topological polar surface area (TPSA) is 160 Å². The van der Waals surface area contributed by atoms with Crippen molar-refractivity contribution in [2.24, 2.45) is 16.5 Å². The first-order chi connectivity index (χ1) is 17.7. The van der Waals surface area contributed by atoms with Gasteiger partial charge in [0.15, 0.2) is 0 Å². The van der Waals surface area contributed by atoms with E-state index in [4.69, 9.17) is 33.0 Å². The molecule has 0 amide bonds. The molecule has 12 heteroatoms. The molecule has 0 saturated heterocycles. The fourth-order valence-corrected chi connectivity index (χ4v) is 4.79. The molecule has 3 aromatic heterocycles. The first-order valence-corrected chi connectivity index (χ1v) is 12.0. The Bertz CT molecular complexity index is 1450. The molecular formula is C25H28ClFN8O2. The number of anilines is 1. The van der Waals surface area contributed by atoms with Crippen LogP contribution in [-0.4, -0.2) is 49.3 Å². The van der Waals surface area contributed by atoms with E-state index in [-0.39, 0.29) is 30.1 Å². The van der Waals surface area contributed by atoms with Gasteiger partial charge in [0.1, 0.15) is 11.7 Å². The largest absolute Gasteiger partial charge is 0.483 e. The molecule has 0 radical (unpaired) electrons. The molecular weight excluding hydrogens is 499 g/mol. The van der Waals surface area contributed by atoms with Crippen LogP contribution in [0.3, 0.4) is 0 Å². The number of amidine groups is 1. The summed E-state index contributed by atoms with van der Waals surface area (Å²) < 4.78 is 15.6. The van der Waals surface area contributed by atoms with Crippen molar-refractivity contribution in [3.05, 3.63) is 64.5 Å². The van der Waals surface area contributed by atoms with Crippen LogP contribution >= 0.6 is 11.6 Å². The summed E-state index contributed by atoms with van der Waals surface area (Å²) in [6, 6.07) is 6.41. The highest BCUT2D eigenvalue weighted by atomic mass is 35.5. The van der Waals surface area contributed by atoms with Gasteiger partial charge in [-0.05, 0) is 51.3 Å². The average molecular weight is 527 g/mol.